The molecule has 1 aliphatic rings. The van der Waals surface area contributed by atoms with Crippen LogP contribution in [0.4, 0.5) is 19.0 Å². The third-order valence-electron chi connectivity index (χ3n) is 3.43. The van der Waals surface area contributed by atoms with Crippen molar-refractivity contribution in [1.82, 2.24) is 19.3 Å². The Morgan fingerprint density at radius 3 is 2.75 bits per heavy atom. The second-order valence-electron chi connectivity index (χ2n) is 5.06. The lowest BCUT2D eigenvalue weighted by Gasteiger charge is -2.31. The van der Waals surface area contributed by atoms with E-state index in [4.69, 9.17) is 0 Å². The summed E-state index contributed by atoms with van der Waals surface area (Å²) in [5, 5.41) is 7.11. The molecule has 0 aromatic carbocycles. The SMILES string of the molecule is CC1CC(C(F)(F)F)n2nc(-c3nccn3C)cc2N1. The van der Waals surface area contributed by atoms with E-state index >= 15 is 0 Å². The smallest absolute Gasteiger partial charge is 0.368 e. The molecule has 0 spiro atoms. The average Bonchev–Trinajstić information content (AvgIpc) is 2.91. The molecule has 1 N–H and O–H groups in total. The molecule has 20 heavy (non-hydrogen) atoms. The monoisotopic (exact) mass is 285 g/mol. The van der Waals surface area contributed by atoms with Gasteiger partial charge in [-0.1, -0.05) is 0 Å². The lowest BCUT2D eigenvalue weighted by atomic mass is 10.1. The van der Waals surface area contributed by atoms with Crippen LogP contribution >= 0.6 is 0 Å². The average molecular weight is 285 g/mol. The molecule has 2 atom stereocenters. The van der Waals surface area contributed by atoms with Crippen LogP contribution in [0.15, 0.2) is 18.5 Å². The van der Waals surface area contributed by atoms with Crippen LogP contribution in [-0.4, -0.2) is 31.5 Å². The number of rotatable bonds is 1. The Morgan fingerprint density at radius 2 is 2.15 bits per heavy atom. The van der Waals surface area contributed by atoms with Gasteiger partial charge in [0.2, 0.25) is 0 Å². The summed E-state index contributed by atoms with van der Waals surface area (Å²) >= 11 is 0. The summed E-state index contributed by atoms with van der Waals surface area (Å²) in [6.45, 7) is 1.73. The number of fused-ring (bicyclic) bond motifs is 1. The van der Waals surface area contributed by atoms with Gasteiger partial charge >= 0.3 is 6.18 Å². The third-order valence-corrected chi connectivity index (χ3v) is 3.43. The normalized spacial score (nSPS) is 22.4. The van der Waals surface area contributed by atoms with Crippen LogP contribution in [0.5, 0.6) is 0 Å². The zero-order valence-electron chi connectivity index (χ0n) is 11.0. The summed E-state index contributed by atoms with van der Waals surface area (Å²) in [6.07, 6.45) is -1.02. The van der Waals surface area contributed by atoms with E-state index in [0.717, 1.165) is 4.68 Å². The maximum absolute atomic E-state index is 13.1. The number of alkyl halides is 3. The minimum atomic E-state index is -4.31. The number of nitrogens with one attached hydrogen (secondary N) is 1. The highest BCUT2D eigenvalue weighted by Crippen LogP contribution is 2.40. The van der Waals surface area contributed by atoms with Crippen LogP contribution in [0.2, 0.25) is 0 Å². The predicted molar refractivity (Wildman–Crippen MR) is 67.2 cm³/mol. The second-order valence-corrected chi connectivity index (χ2v) is 5.06. The van der Waals surface area contributed by atoms with E-state index in [1.165, 1.54) is 0 Å². The molecule has 2 unspecified atom stereocenters. The molecule has 0 amide bonds. The van der Waals surface area contributed by atoms with Gasteiger partial charge in [-0.25, -0.2) is 9.67 Å². The summed E-state index contributed by atoms with van der Waals surface area (Å²) < 4.78 is 42.1. The van der Waals surface area contributed by atoms with E-state index < -0.39 is 12.2 Å². The van der Waals surface area contributed by atoms with Crippen LogP contribution in [0, 0.1) is 0 Å². The van der Waals surface area contributed by atoms with Gasteiger partial charge in [-0.15, -0.1) is 0 Å². The Kier molecular flexibility index (Phi) is 2.77. The largest absolute Gasteiger partial charge is 0.410 e. The molecule has 108 valence electrons. The number of aromatic nitrogens is 4. The van der Waals surface area contributed by atoms with Crippen LogP contribution in [0.3, 0.4) is 0 Å². The van der Waals surface area contributed by atoms with Crippen molar-refractivity contribution in [1.29, 1.82) is 0 Å². The Bertz CT molecular complexity index is 627. The van der Waals surface area contributed by atoms with Crippen molar-refractivity contribution in [2.45, 2.75) is 31.6 Å². The first-order chi connectivity index (χ1) is 9.36. The van der Waals surface area contributed by atoms with Crippen molar-refractivity contribution in [3.8, 4) is 11.5 Å². The van der Waals surface area contributed by atoms with Crippen molar-refractivity contribution in [2.75, 3.05) is 5.32 Å². The van der Waals surface area contributed by atoms with Gasteiger partial charge in [-0.2, -0.15) is 18.3 Å². The number of anilines is 1. The highest BCUT2D eigenvalue weighted by atomic mass is 19.4. The Balaban J connectivity index is 2.07. The first-order valence-corrected chi connectivity index (χ1v) is 6.27. The number of imidazole rings is 1. The molecule has 3 heterocycles. The van der Waals surface area contributed by atoms with E-state index in [-0.39, 0.29) is 12.5 Å². The molecular weight excluding hydrogens is 271 g/mol. The fraction of sp³-hybridized carbons (Fsp3) is 0.500. The molecule has 0 bridgehead atoms. The summed E-state index contributed by atoms with van der Waals surface area (Å²) in [5.74, 6) is 0.923. The van der Waals surface area contributed by atoms with Gasteiger partial charge in [0.25, 0.3) is 0 Å². The first kappa shape index (κ1) is 13.0. The molecule has 2 aromatic heterocycles. The molecule has 0 fully saturated rings. The fourth-order valence-electron chi connectivity index (χ4n) is 2.48. The lowest BCUT2D eigenvalue weighted by Crippen LogP contribution is -2.37. The maximum atomic E-state index is 13.1. The molecule has 0 radical (unpaired) electrons. The quantitative estimate of drug-likeness (QED) is 0.876. The first-order valence-electron chi connectivity index (χ1n) is 6.27. The van der Waals surface area contributed by atoms with Gasteiger partial charge in [0.05, 0.1) is 0 Å². The van der Waals surface area contributed by atoms with E-state index in [1.807, 2.05) is 0 Å². The van der Waals surface area contributed by atoms with Gasteiger partial charge in [-0.05, 0) is 13.3 Å². The van der Waals surface area contributed by atoms with Crippen LogP contribution < -0.4 is 5.32 Å². The molecule has 0 aliphatic carbocycles. The highest BCUT2D eigenvalue weighted by Gasteiger charge is 2.45. The number of hydrogen-bond acceptors (Lipinski definition) is 3. The van der Waals surface area contributed by atoms with Crippen molar-refractivity contribution >= 4 is 5.82 Å². The highest BCUT2D eigenvalue weighted by molar-refractivity contribution is 5.57. The molecule has 0 saturated carbocycles. The van der Waals surface area contributed by atoms with Crippen LogP contribution in [-0.2, 0) is 7.05 Å². The van der Waals surface area contributed by atoms with Crippen molar-refractivity contribution in [2.24, 2.45) is 7.05 Å². The number of nitrogens with zero attached hydrogens (tertiary/aromatic N) is 4. The zero-order chi connectivity index (χ0) is 14.5. The molecule has 2 aromatic rings. The summed E-state index contributed by atoms with van der Waals surface area (Å²) in [5.41, 5.74) is 0.434. The van der Waals surface area contributed by atoms with Gasteiger partial charge in [0.15, 0.2) is 11.9 Å². The number of hydrogen-bond donors (Lipinski definition) is 1. The van der Waals surface area contributed by atoms with Gasteiger partial charge in [0.1, 0.15) is 11.5 Å². The molecule has 0 saturated heterocycles. The van der Waals surface area contributed by atoms with Crippen molar-refractivity contribution in [3.05, 3.63) is 18.5 Å². The van der Waals surface area contributed by atoms with Crippen molar-refractivity contribution < 1.29 is 13.2 Å². The molecule has 8 heteroatoms. The zero-order valence-corrected chi connectivity index (χ0v) is 11.0. The van der Waals surface area contributed by atoms with Crippen LogP contribution in [0.25, 0.3) is 11.5 Å². The van der Waals surface area contributed by atoms with E-state index in [0.29, 0.717) is 17.3 Å². The standard InChI is InChI=1S/C12H14F3N5/c1-7-5-9(12(13,14)15)20-10(17-7)6-8(18-20)11-16-3-4-19(11)2/h3-4,6-7,9,17H,5H2,1-2H3. The van der Waals surface area contributed by atoms with Gasteiger partial charge < -0.3 is 9.88 Å². The Morgan fingerprint density at radius 1 is 1.40 bits per heavy atom. The van der Waals surface area contributed by atoms with E-state index in [1.54, 1.807) is 37.0 Å². The van der Waals surface area contributed by atoms with Gasteiger partial charge in [0, 0.05) is 31.5 Å². The Hall–Kier alpha value is -1.99. The fourth-order valence-corrected chi connectivity index (χ4v) is 2.48. The van der Waals surface area contributed by atoms with E-state index in [2.05, 4.69) is 15.4 Å². The number of halogens is 3. The lowest BCUT2D eigenvalue weighted by molar-refractivity contribution is -0.173. The molecule has 1 aliphatic heterocycles. The minimum absolute atomic E-state index is 0.0296. The van der Waals surface area contributed by atoms with Crippen molar-refractivity contribution in [3.63, 3.8) is 0 Å². The molecular formula is C12H14F3N5. The summed E-state index contributed by atoms with van der Waals surface area (Å²) in [7, 11) is 1.78. The Labute approximate surface area is 113 Å². The summed E-state index contributed by atoms with van der Waals surface area (Å²) in [4.78, 5) is 4.11. The molecule has 5 nitrogen and oxygen atoms in total. The van der Waals surface area contributed by atoms with Crippen LogP contribution in [0.1, 0.15) is 19.4 Å². The van der Waals surface area contributed by atoms with E-state index in [9.17, 15) is 13.2 Å². The summed E-state index contributed by atoms with van der Waals surface area (Å²) in [6, 6.07) is -0.237. The molecule has 3 rings (SSSR count). The minimum Gasteiger partial charge on any atom is -0.368 e. The maximum Gasteiger partial charge on any atom is 0.410 e. The topological polar surface area (TPSA) is 47.7 Å². The third kappa shape index (κ3) is 2.04. The number of aryl methyl sites for hydroxylation is 1. The van der Waals surface area contributed by atoms with Gasteiger partial charge in [-0.3, -0.25) is 0 Å². The predicted octanol–water partition coefficient (Wildman–Crippen LogP) is 2.59. The second kappa shape index (κ2) is 4.26.